The number of hydrogen-bond donors (Lipinski definition) is 0. The molecule has 0 aliphatic carbocycles. The summed E-state index contributed by atoms with van der Waals surface area (Å²) in [6.45, 7) is 7.55. The van der Waals surface area contributed by atoms with E-state index in [0.717, 1.165) is 17.3 Å². The lowest BCUT2D eigenvalue weighted by molar-refractivity contribution is -0.126. The average Bonchev–Trinajstić information content (AvgIpc) is 2.16. The molecular formula is C8H11NO2S. The van der Waals surface area contributed by atoms with E-state index in [9.17, 15) is 9.59 Å². The first-order valence-corrected chi connectivity index (χ1v) is 4.56. The number of hydrogen-bond acceptors (Lipinski definition) is 3. The molecule has 12 heavy (non-hydrogen) atoms. The van der Waals surface area contributed by atoms with Crippen molar-refractivity contribution in [3.8, 4) is 0 Å². The highest BCUT2D eigenvalue weighted by atomic mass is 32.2. The van der Waals surface area contributed by atoms with Crippen molar-refractivity contribution in [1.29, 1.82) is 0 Å². The fourth-order valence-corrected chi connectivity index (χ4v) is 1.80. The number of rotatable bonds is 2. The fourth-order valence-electron chi connectivity index (χ4n) is 0.987. The van der Waals surface area contributed by atoms with Crippen LogP contribution in [-0.4, -0.2) is 27.8 Å². The molecule has 0 aromatic carbocycles. The van der Waals surface area contributed by atoms with Crippen molar-refractivity contribution >= 4 is 22.9 Å². The molecule has 4 heteroatoms. The molecule has 66 valence electrons. The fraction of sp³-hybridized carbons (Fsp3) is 0.500. The Bertz CT molecular complexity index is 249. The minimum Gasteiger partial charge on any atom is -0.273 e. The smallest absolute Gasteiger partial charge is 0.273 e. The van der Waals surface area contributed by atoms with Crippen LogP contribution < -0.4 is 0 Å². The summed E-state index contributed by atoms with van der Waals surface area (Å²) in [5.74, 6) is -0.104. The molecule has 1 fully saturated rings. The second kappa shape index (κ2) is 3.31. The normalized spacial score (nSPS) is 23.5. The summed E-state index contributed by atoms with van der Waals surface area (Å²) in [7, 11) is 0. The zero-order valence-corrected chi connectivity index (χ0v) is 7.98. The molecule has 1 heterocycles. The number of carbonyl (C=O) groups is 2. The van der Waals surface area contributed by atoms with E-state index >= 15 is 0 Å². The van der Waals surface area contributed by atoms with E-state index in [4.69, 9.17) is 0 Å². The highest BCUT2D eigenvalue weighted by molar-refractivity contribution is 8.15. The van der Waals surface area contributed by atoms with Crippen LogP contribution in [-0.2, 0) is 4.79 Å². The largest absolute Gasteiger partial charge is 0.289 e. The van der Waals surface area contributed by atoms with Crippen LogP contribution in [0.4, 0.5) is 4.79 Å². The van der Waals surface area contributed by atoms with Crippen LogP contribution in [0.25, 0.3) is 0 Å². The zero-order valence-electron chi connectivity index (χ0n) is 7.16. The first-order valence-electron chi connectivity index (χ1n) is 3.68. The average molecular weight is 185 g/mol. The molecule has 1 unspecified atom stereocenters. The van der Waals surface area contributed by atoms with Gasteiger partial charge in [-0.05, 0) is 13.8 Å². The van der Waals surface area contributed by atoms with E-state index in [0.29, 0.717) is 6.54 Å². The van der Waals surface area contributed by atoms with Gasteiger partial charge in [-0.1, -0.05) is 23.9 Å². The Morgan fingerprint density at radius 1 is 1.67 bits per heavy atom. The lowest BCUT2D eigenvalue weighted by Crippen LogP contribution is -2.31. The molecule has 0 bridgehead atoms. The van der Waals surface area contributed by atoms with Crippen molar-refractivity contribution in [3.05, 3.63) is 12.2 Å². The Labute approximate surface area is 75.8 Å². The molecule has 0 aromatic heterocycles. The number of amides is 2. The summed E-state index contributed by atoms with van der Waals surface area (Å²) in [6, 6.07) is 0. The SMILES string of the molecule is C=C(C)CN1C(=O)SC(C)C1=O. The molecule has 0 spiro atoms. The van der Waals surface area contributed by atoms with Crippen molar-refractivity contribution in [2.75, 3.05) is 6.54 Å². The van der Waals surface area contributed by atoms with Crippen LogP contribution in [0.2, 0.25) is 0 Å². The molecule has 1 rings (SSSR count). The van der Waals surface area contributed by atoms with Crippen LogP contribution in [0.5, 0.6) is 0 Å². The zero-order chi connectivity index (χ0) is 9.30. The van der Waals surface area contributed by atoms with Crippen LogP contribution in [0, 0.1) is 0 Å². The molecule has 0 saturated carbocycles. The topological polar surface area (TPSA) is 37.4 Å². The van der Waals surface area contributed by atoms with Crippen LogP contribution in [0.15, 0.2) is 12.2 Å². The Balaban J connectivity index is 2.70. The number of carbonyl (C=O) groups excluding carboxylic acids is 2. The van der Waals surface area contributed by atoms with Crippen molar-refractivity contribution in [3.63, 3.8) is 0 Å². The van der Waals surface area contributed by atoms with Crippen molar-refractivity contribution in [1.82, 2.24) is 4.90 Å². The van der Waals surface area contributed by atoms with Gasteiger partial charge in [0, 0.05) is 6.54 Å². The second-order valence-corrected chi connectivity index (χ2v) is 4.20. The highest BCUT2D eigenvalue weighted by Gasteiger charge is 2.36. The van der Waals surface area contributed by atoms with E-state index in [2.05, 4.69) is 6.58 Å². The quantitative estimate of drug-likeness (QED) is 0.614. The maximum absolute atomic E-state index is 11.3. The standard InChI is InChI=1S/C8H11NO2S/c1-5(2)4-9-7(10)6(3)12-8(9)11/h6H,1,4H2,2-3H3. The molecule has 0 radical (unpaired) electrons. The van der Waals surface area contributed by atoms with Gasteiger partial charge in [0.2, 0.25) is 5.91 Å². The molecule has 2 amide bonds. The third kappa shape index (κ3) is 1.69. The summed E-state index contributed by atoms with van der Waals surface area (Å²) in [5.41, 5.74) is 0.825. The van der Waals surface area contributed by atoms with Gasteiger partial charge >= 0.3 is 0 Å². The van der Waals surface area contributed by atoms with Gasteiger partial charge in [-0.2, -0.15) is 0 Å². The van der Waals surface area contributed by atoms with Crippen LogP contribution >= 0.6 is 11.8 Å². The summed E-state index contributed by atoms with van der Waals surface area (Å²) >= 11 is 1.07. The molecule has 1 atom stereocenters. The molecular weight excluding hydrogens is 174 g/mol. The first-order chi connectivity index (χ1) is 5.52. The monoisotopic (exact) mass is 185 g/mol. The summed E-state index contributed by atoms with van der Waals surface area (Å²) in [6.07, 6.45) is 0. The third-order valence-electron chi connectivity index (χ3n) is 1.54. The van der Waals surface area contributed by atoms with Gasteiger partial charge in [-0.15, -0.1) is 0 Å². The Hall–Kier alpha value is -0.770. The van der Waals surface area contributed by atoms with E-state index in [1.165, 1.54) is 4.90 Å². The van der Waals surface area contributed by atoms with Gasteiger partial charge in [0.15, 0.2) is 0 Å². The van der Waals surface area contributed by atoms with Crippen LogP contribution in [0.1, 0.15) is 13.8 Å². The Kier molecular flexibility index (Phi) is 2.57. The van der Waals surface area contributed by atoms with Gasteiger partial charge in [0.25, 0.3) is 5.24 Å². The van der Waals surface area contributed by atoms with Crippen molar-refractivity contribution < 1.29 is 9.59 Å². The van der Waals surface area contributed by atoms with E-state index in [1.807, 2.05) is 0 Å². The molecule has 1 aliphatic heterocycles. The molecule has 0 N–H and O–H groups in total. The van der Waals surface area contributed by atoms with Gasteiger partial charge in [-0.3, -0.25) is 14.5 Å². The van der Waals surface area contributed by atoms with Gasteiger partial charge in [0.05, 0.1) is 5.25 Å². The van der Waals surface area contributed by atoms with E-state index < -0.39 is 0 Å². The highest BCUT2D eigenvalue weighted by Crippen LogP contribution is 2.26. The first kappa shape index (κ1) is 9.32. The Morgan fingerprint density at radius 2 is 2.25 bits per heavy atom. The van der Waals surface area contributed by atoms with Gasteiger partial charge in [0.1, 0.15) is 0 Å². The molecule has 1 aliphatic rings. The summed E-state index contributed by atoms with van der Waals surface area (Å²) < 4.78 is 0. The lowest BCUT2D eigenvalue weighted by atomic mass is 10.3. The maximum atomic E-state index is 11.3. The summed E-state index contributed by atoms with van der Waals surface area (Å²) in [4.78, 5) is 23.7. The lowest BCUT2D eigenvalue weighted by Gasteiger charge is -2.12. The number of nitrogens with zero attached hydrogens (tertiary/aromatic N) is 1. The van der Waals surface area contributed by atoms with Crippen LogP contribution in [0.3, 0.4) is 0 Å². The minimum atomic E-state index is -0.225. The van der Waals surface area contributed by atoms with Crippen molar-refractivity contribution in [2.45, 2.75) is 19.1 Å². The number of thioether (sulfide) groups is 1. The molecule has 3 nitrogen and oxygen atoms in total. The third-order valence-corrected chi connectivity index (χ3v) is 2.52. The molecule has 1 saturated heterocycles. The predicted octanol–water partition coefficient (Wildman–Crippen LogP) is 1.65. The summed E-state index contributed by atoms with van der Waals surface area (Å²) in [5, 5.41) is -0.382. The van der Waals surface area contributed by atoms with E-state index in [-0.39, 0.29) is 16.4 Å². The minimum absolute atomic E-state index is 0.104. The van der Waals surface area contributed by atoms with Gasteiger partial charge in [-0.25, -0.2) is 0 Å². The van der Waals surface area contributed by atoms with Crippen molar-refractivity contribution in [2.24, 2.45) is 0 Å². The molecule has 0 aromatic rings. The predicted molar refractivity (Wildman–Crippen MR) is 49.0 cm³/mol. The maximum Gasteiger partial charge on any atom is 0.289 e. The Morgan fingerprint density at radius 3 is 2.58 bits per heavy atom. The van der Waals surface area contributed by atoms with Gasteiger partial charge < -0.3 is 0 Å². The van der Waals surface area contributed by atoms with E-state index in [1.54, 1.807) is 13.8 Å². The second-order valence-electron chi connectivity index (χ2n) is 2.91. The number of imide groups is 1.